The lowest BCUT2D eigenvalue weighted by Gasteiger charge is -2.06. The molecule has 1 aromatic heterocycles. The highest BCUT2D eigenvalue weighted by molar-refractivity contribution is 5.95. The average Bonchev–Trinajstić information content (AvgIpc) is 2.47. The van der Waals surface area contributed by atoms with Gasteiger partial charge in [-0.2, -0.15) is 0 Å². The molecule has 86 valence electrons. The zero-order valence-electron chi connectivity index (χ0n) is 9.71. The van der Waals surface area contributed by atoms with Crippen molar-refractivity contribution in [1.82, 2.24) is 4.98 Å². The van der Waals surface area contributed by atoms with Crippen molar-refractivity contribution in [3.05, 3.63) is 66.5 Å². The van der Waals surface area contributed by atoms with Crippen LogP contribution in [0.5, 0.6) is 0 Å². The van der Waals surface area contributed by atoms with Crippen LogP contribution < -0.4 is 0 Å². The lowest BCUT2D eigenvalue weighted by Crippen LogP contribution is -1.85. The van der Waals surface area contributed by atoms with Gasteiger partial charge in [-0.25, -0.2) is 0 Å². The van der Waals surface area contributed by atoms with E-state index in [1.165, 1.54) is 5.39 Å². The van der Waals surface area contributed by atoms with Gasteiger partial charge in [0.15, 0.2) is 0 Å². The van der Waals surface area contributed by atoms with E-state index in [-0.39, 0.29) is 0 Å². The molecule has 0 aliphatic rings. The number of hydrogen-bond donors (Lipinski definition) is 0. The van der Waals surface area contributed by atoms with E-state index in [0.717, 1.165) is 22.8 Å². The third kappa shape index (κ3) is 1.78. The number of rotatable bonds is 2. The molecule has 0 saturated carbocycles. The van der Waals surface area contributed by atoms with Crippen LogP contribution in [0.4, 0.5) is 0 Å². The summed E-state index contributed by atoms with van der Waals surface area (Å²) in [5, 5.41) is 2.29. The van der Waals surface area contributed by atoms with E-state index in [9.17, 15) is 4.79 Å². The molecule has 0 radical (unpaired) electrons. The Morgan fingerprint density at radius 3 is 2.44 bits per heavy atom. The first-order chi connectivity index (χ1) is 8.88. The largest absolute Gasteiger partial charge is 0.298 e. The first kappa shape index (κ1) is 10.7. The molecule has 0 atom stereocenters. The first-order valence-electron chi connectivity index (χ1n) is 5.77. The van der Waals surface area contributed by atoms with Gasteiger partial charge in [-0.15, -0.1) is 0 Å². The molecule has 0 saturated heterocycles. The molecule has 3 aromatic rings. The Labute approximate surface area is 105 Å². The maximum atomic E-state index is 10.7. The standard InChI is InChI=1S/C16H11NO/c18-11-12-5-7-13(8-6-12)16-10-17-9-14-3-1-2-4-15(14)16/h1-11H. The van der Waals surface area contributed by atoms with Gasteiger partial charge in [-0.3, -0.25) is 9.78 Å². The Morgan fingerprint density at radius 2 is 1.67 bits per heavy atom. The number of carbonyl (C=O) groups excluding carboxylic acids is 1. The molecule has 0 N–H and O–H groups in total. The number of nitrogens with zero attached hydrogens (tertiary/aromatic N) is 1. The quantitative estimate of drug-likeness (QED) is 0.631. The Balaban J connectivity index is 2.21. The summed E-state index contributed by atoms with van der Waals surface area (Å²) in [6.45, 7) is 0. The molecule has 0 aliphatic carbocycles. The molecule has 0 amide bonds. The zero-order valence-corrected chi connectivity index (χ0v) is 9.71. The predicted octanol–water partition coefficient (Wildman–Crippen LogP) is 3.71. The van der Waals surface area contributed by atoms with Crippen molar-refractivity contribution in [3.63, 3.8) is 0 Å². The minimum atomic E-state index is 0.687. The summed E-state index contributed by atoms with van der Waals surface area (Å²) in [7, 11) is 0. The molecule has 0 spiro atoms. The lowest BCUT2D eigenvalue weighted by atomic mass is 10.0. The van der Waals surface area contributed by atoms with Gasteiger partial charge in [0.2, 0.25) is 0 Å². The minimum absolute atomic E-state index is 0.687. The van der Waals surface area contributed by atoms with E-state index in [2.05, 4.69) is 11.1 Å². The van der Waals surface area contributed by atoms with Gasteiger partial charge in [0.1, 0.15) is 6.29 Å². The van der Waals surface area contributed by atoms with Gasteiger partial charge >= 0.3 is 0 Å². The molecular weight excluding hydrogens is 222 g/mol. The highest BCUT2D eigenvalue weighted by Gasteiger charge is 2.03. The molecule has 2 heteroatoms. The second-order valence-corrected chi connectivity index (χ2v) is 4.15. The molecule has 0 bridgehead atoms. The van der Waals surface area contributed by atoms with E-state index >= 15 is 0 Å². The van der Waals surface area contributed by atoms with Crippen LogP contribution in [-0.2, 0) is 0 Å². The van der Waals surface area contributed by atoms with Crippen LogP contribution in [0.15, 0.2) is 60.9 Å². The molecule has 1 heterocycles. The summed E-state index contributed by atoms with van der Waals surface area (Å²) in [6, 6.07) is 15.7. The normalized spacial score (nSPS) is 10.4. The third-order valence-corrected chi connectivity index (χ3v) is 3.03. The van der Waals surface area contributed by atoms with Crippen LogP contribution in [-0.4, -0.2) is 11.3 Å². The van der Waals surface area contributed by atoms with E-state index in [0.29, 0.717) is 5.56 Å². The Hall–Kier alpha value is -2.48. The van der Waals surface area contributed by atoms with Gasteiger partial charge in [0, 0.05) is 28.9 Å². The molecule has 0 fully saturated rings. The van der Waals surface area contributed by atoms with Crippen LogP contribution in [0.2, 0.25) is 0 Å². The zero-order chi connectivity index (χ0) is 12.4. The van der Waals surface area contributed by atoms with Crippen molar-refractivity contribution >= 4 is 17.1 Å². The molecular formula is C16H11NO. The summed E-state index contributed by atoms with van der Waals surface area (Å²) in [4.78, 5) is 14.9. The molecule has 3 rings (SSSR count). The van der Waals surface area contributed by atoms with Gasteiger partial charge in [-0.1, -0.05) is 48.5 Å². The topological polar surface area (TPSA) is 30.0 Å². The van der Waals surface area contributed by atoms with Gasteiger partial charge in [0.05, 0.1) is 0 Å². The summed E-state index contributed by atoms with van der Waals surface area (Å²) < 4.78 is 0. The summed E-state index contributed by atoms with van der Waals surface area (Å²) in [6.07, 6.45) is 4.57. The highest BCUT2D eigenvalue weighted by Crippen LogP contribution is 2.27. The molecule has 2 aromatic carbocycles. The van der Waals surface area contributed by atoms with E-state index in [4.69, 9.17) is 0 Å². The van der Waals surface area contributed by atoms with Crippen molar-refractivity contribution < 1.29 is 4.79 Å². The highest BCUT2D eigenvalue weighted by atomic mass is 16.1. The monoisotopic (exact) mass is 233 g/mol. The number of carbonyl (C=O) groups is 1. The minimum Gasteiger partial charge on any atom is -0.298 e. The second-order valence-electron chi connectivity index (χ2n) is 4.15. The Kier molecular flexibility index (Phi) is 2.61. The molecule has 0 unspecified atom stereocenters. The van der Waals surface area contributed by atoms with Gasteiger partial charge < -0.3 is 0 Å². The maximum Gasteiger partial charge on any atom is 0.150 e. The number of pyridine rings is 1. The number of benzene rings is 2. The van der Waals surface area contributed by atoms with Crippen LogP contribution in [0.3, 0.4) is 0 Å². The Bertz CT molecular complexity index is 696. The van der Waals surface area contributed by atoms with E-state index in [1.54, 1.807) is 0 Å². The van der Waals surface area contributed by atoms with Crippen LogP contribution in [0.1, 0.15) is 10.4 Å². The Morgan fingerprint density at radius 1 is 0.889 bits per heavy atom. The van der Waals surface area contributed by atoms with Crippen molar-refractivity contribution in [2.24, 2.45) is 0 Å². The number of aromatic nitrogens is 1. The fourth-order valence-electron chi connectivity index (χ4n) is 2.09. The van der Waals surface area contributed by atoms with Gasteiger partial charge in [0.25, 0.3) is 0 Å². The average molecular weight is 233 g/mol. The van der Waals surface area contributed by atoms with E-state index < -0.39 is 0 Å². The third-order valence-electron chi connectivity index (χ3n) is 3.03. The molecule has 18 heavy (non-hydrogen) atoms. The fraction of sp³-hybridized carbons (Fsp3) is 0. The molecule has 2 nitrogen and oxygen atoms in total. The lowest BCUT2D eigenvalue weighted by molar-refractivity contribution is 0.112. The fourth-order valence-corrected chi connectivity index (χ4v) is 2.09. The second kappa shape index (κ2) is 4.41. The van der Waals surface area contributed by atoms with Crippen molar-refractivity contribution in [3.8, 4) is 11.1 Å². The van der Waals surface area contributed by atoms with Gasteiger partial charge in [-0.05, 0) is 10.9 Å². The van der Waals surface area contributed by atoms with Crippen molar-refractivity contribution in [1.29, 1.82) is 0 Å². The molecule has 0 aliphatic heterocycles. The first-order valence-corrected chi connectivity index (χ1v) is 5.77. The SMILES string of the molecule is O=Cc1ccc(-c2cncc3ccccc23)cc1. The predicted molar refractivity (Wildman–Crippen MR) is 72.6 cm³/mol. The van der Waals surface area contributed by atoms with Crippen molar-refractivity contribution in [2.45, 2.75) is 0 Å². The number of aldehydes is 1. The van der Waals surface area contributed by atoms with Crippen molar-refractivity contribution in [2.75, 3.05) is 0 Å². The smallest absolute Gasteiger partial charge is 0.150 e. The summed E-state index contributed by atoms with van der Waals surface area (Å²) in [5.74, 6) is 0. The van der Waals surface area contributed by atoms with Crippen LogP contribution in [0.25, 0.3) is 21.9 Å². The van der Waals surface area contributed by atoms with Crippen LogP contribution >= 0.6 is 0 Å². The summed E-state index contributed by atoms with van der Waals surface area (Å²) >= 11 is 0. The number of hydrogen-bond acceptors (Lipinski definition) is 2. The summed E-state index contributed by atoms with van der Waals surface area (Å²) in [5.41, 5.74) is 2.85. The van der Waals surface area contributed by atoms with E-state index in [1.807, 2.05) is 54.9 Å². The number of fused-ring (bicyclic) bond motifs is 1. The maximum absolute atomic E-state index is 10.7. The van der Waals surface area contributed by atoms with Crippen LogP contribution in [0, 0.1) is 0 Å².